The molecule has 5 rings (SSSR count). The normalized spacial score (nSPS) is 19.8. The monoisotopic (exact) mass is 457 g/mol. The van der Waals surface area contributed by atoms with E-state index in [1.165, 1.54) is 12.1 Å². The average Bonchev–Trinajstić information content (AvgIpc) is 3.67. The van der Waals surface area contributed by atoms with Crippen LogP contribution in [-0.2, 0) is 9.53 Å². The number of pyridine rings is 1. The smallest absolute Gasteiger partial charge is 0.229 e. The Morgan fingerprint density at radius 3 is 2.74 bits per heavy atom. The molecule has 172 valence electrons. The van der Waals surface area contributed by atoms with Gasteiger partial charge in [-0.05, 0) is 65.4 Å². The number of benzene rings is 2. The van der Waals surface area contributed by atoms with Gasteiger partial charge in [0.1, 0.15) is 29.6 Å². The quantitative estimate of drug-likeness (QED) is 0.559. The summed E-state index contributed by atoms with van der Waals surface area (Å²) in [5.41, 5.74) is 2.96. The Morgan fingerprint density at radius 2 is 1.94 bits per heavy atom. The highest BCUT2D eigenvalue weighted by Crippen LogP contribution is 2.48. The van der Waals surface area contributed by atoms with Gasteiger partial charge in [-0.1, -0.05) is 18.2 Å². The second-order valence-corrected chi connectivity index (χ2v) is 8.68. The number of aromatic nitrogens is 1. The van der Waals surface area contributed by atoms with Crippen LogP contribution in [-0.4, -0.2) is 30.2 Å². The minimum absolute atomic E-state index is 0.0281. The van der Waals surface area contributed by atoms with Crippen LogP contribution in [0.1, 0.15) is 36.3 Å². The summed E-state index contributed by atoms with van der Waals surface area (Å²) >= 11 is 0. The number of nitriles is 1. The van der Waals surface area contributed by atoms with Gasteiger partial charge in [-0.3, -0.25) is 4.79 Å². The summed E-state index contributed by atoms with van der Waals surface area (Å²) in [7, 11) is 0. The molecule has 1 aliphatic carbocycles. The molecule has 3 aromatic rings. The van der Waals surface area contributed by atoms with Crippen LogP contribution in [0.25, 0.3) is 11.1 Å². The van der Waals surface area contributed by atoms with Crippen LogP contribution in [0.5, 0.6) is 5.75 Å². The zero-order chi connectivity index (χ0) is 23.5. The molecule has 1 saturated carbocycles. The number of anilines is 1. The number of amides is 1. The lowest BCUT2D eigenvalue weighted by molar-refractivity contribution is -0.117. The lowest BCUT2D eigenvalue weighted by Gasteiger charge is -2.23. The van der Waals surface area contributed by atoms with E-state index < -0.39 is 0 Å². The van der Waals surface area contributed by atoms with Crippen molar-refractivity contribution in [3.05, 3.63) is 77.7 Å². The maximum atomic E-state index is 13.5. The van der Waals surface area contributed by atoms with Crippen molar-refractivity contribution in [3.63, 3.8) is 0 Å². The summed E-state index contributed by atoms with van der Waals surface area (Å²) in [6.07, 6.45) is 3.98. The molecule has 0 unspecified atom stereocenters. The Morgan fingerprint density at radius 1 is 1.12 bits per heavy atom. The molecule has 2 aliphatic rings. The van der Waals surface area contributed by atoms with Crippen LogP contribution < -0.4 is 10.1 Å². The predicted molar refractivity (Wildman–Crippen MR) is 125 cm³/mol. The molecule has 1 aliphatic heterocycles. The van der Waals surface area contributed by atoms with Crippen molar-refractivity contribution >= 4 is 11.7 Å². The molecule has 7 heteroatoms. The molecule has 2 heterocycles. The molecule has 2 aromatic carbocycles. The molecular weight excluding hydrogens is 433 g/mol. The van der Waals surface area contributed by atoms with Gasteiger partial charge in [0.15, 0.2) is 0 Å². The summed E-state index contributed by atoms with van der Waals surface area (Å²) in [6.45, 7) is 1.33. The molecule has 1 aromatic heterocycles. The first-order valence-electron chi connectivity index (χ1n) is 11.4. The number of halogens is 1. The van der Waals surface area contributed by atoms with Gasteiger partial charge < -0.3 is 14.8 Å². The first kappa shape index (κ1) is 22.1. The Hall–Kier alpha value is -3.76. The molecule has 0 spiro atoms. The van der Waals surface area contributed by atoms with E-state index >= 15 is 0 Å². The van der Waals surface area contributed by atoms with Crippen molar-refractivity contribution in [2.75, 3.05) is 18.5 Å². The van der Waals surface area contributed by atoms with Crippen molar-refractivity contribution in [1.82, 2.24) is 4.98 Å². The molecule has 2 fully saturated rings. The molecular formula is C27H24FN3O3. The van der Waals surface area contributed by atoms with Crippen molar-refractivity contribution in [2.24, 2.45) is 5.92 Å². The molecule has 1 amide bonds. The van der Waals surface area contributed by atoms with Gasteiger partial charge in [-0.15, -0.1) is 0 Å². The summed E-state index contributed by atoms with van der Waals surface area (Å²) < 4.78 is 24.9. The number of nitrogens with zero attached hydrogens (tertiary/aromatic N) is 2. The average molecular weight is 458 g/mol. The van der Waals surface area contributed by atoms with E-state index in [2.05, 4.69) is 16.4 Å². The molecule has 0 radical (unpaired) electrons. The third-order valence-electron chi connectivity index (χ3n) is 6.31. The number of rotatable bonds is 6. The standard InChI is InChI=1S/C27H24FN3O3/c28-21-3-1-2-19(13-21)23-15-24(23)27(32)31-26-14-18(6-9-30-26)17-4-5-25(20(12-17)16-29)34-22-7-10-33-11-8-22/h1-6,9,12-14,22-24H,7-8,10-11,15H2,(H,30,31,32)/t23-,24+/m1/s1. The fourth-order valence-corrected chi connectivity index (χ4v) is 4.36. The van der Waals surface area contributed by atoms with Gasteiger partial charge in [0.05, 0.1) is 18.8 Å². The topological polar surface area (TPSA) is 84.2 Å². The molecule has 0 bridgehead atoms. The van der Waals surface area contributed by atoms with E-state index in [9.17, 15) is 14.4 Å². The molecule has 2 atom stereocenters. The molecule has 1 saturated heterocycles. The predicted octanol–water partition coefficient (Wildman–Crippen LogP) is 5.06. The van der Waals surface area contributed by atoms with Crippen molar-refractivity contribution < 1.29 is 18.7 Å². The van der Waals surface area contributed by atoms with Crippen molar-refractivity contribution in [2.45, 2.75) is 31.3 Å². The molecule has 1 N–H and O–H groups in total. The van der Waals surface area contributed by atoms with Crippen LogP contribution in [0, 0.1) is 23.1 Å². The Labute approximate surface area is 197 Å². The molecule has 6 nitrogen and oxygen atoms in total. The van der Waals surface area contributed by atoms with E-state index in [0.29, 0.717) is 36.8 Å². The SMILES string of the molecule is N#Cc1cc(-c2ccnc(NC(=O)[C@H]3C[C@@H]3c3cccc(F)c3)c2)ccc1OC1CCOCC1. The van der Waals surface area contributed by atoms with E-state index in [4.69, 9.17) is 9.47 Å². The van der Waals surface area contributed by atoms with E-state index in [-0.39, 0.29) is 29.7 Å². The zero-order valence-corrected chi connectivity index (χ0v) is 18.5. The second kappa shape index (κ2) is 9.62. The van der Waals surface area contributed by atoms with Crippen LogP contribution >= 0.6 is 0 Å². The highest BCUT2D eigenvalue weighted by atomic mass is 19.1. The van der Waals surface area contributed by atoms with E-state index in [1.54, 1.807) is 24.4 Å². The van der Waals surface area contributed by atoms with Crippen molar-refractivity contribution in [3.8, 4) is 22.9 Å². The Bertz CT molecular complexity index is 1250. The number of carbonyl (C=O) groups excluding carboxylic acids is 1. The lowest BCUT2D eigenvalue weighted by atomic mass is 10.0. The summed E-state index contributed by atoms with van der Waals surface area (Å²) in [5.74, 6) is 0.418. The van der Waals surface area contributed by atoms with Gasteiger partial charge >= 0.3 is 0 Å². The van der Waals surface area contributed by atoms with Gasteiger partial charge in [0.2, 0.25) is 5.91 Å². The first-order chi connectivity index (χ1) is 16.6. The third kappa shape index (κ3) is 4.92. The highest BCUT2D eigenvalue weighted by molar-refractivity contribution is 5.95. The van der Waals surface area contributed by atoms with Gasteiger partial charge in [-0.2, -0.15) is 5.26 Å². The summed E-state index contributed by atoms with van der Waals surface area (Å²) in [5, 5.41) is 12.5. The first-order valence-corrected chi connectivity index (χ1v) is 11.4. The number of nitrogens with one attached hydrogen (secondary N) is 1. The van der Waals surface area contributed by atoms with Gasteiger partial charge in [-0.25, -0.2) is 9.37 Å². The summed E-state index contributed by atoms with van der Waals surface area (Å²) in [6, 6.07) is 17.7. The maximum Gasteiger partial charge on any atom is 0.229 e. The zero-order valence-electron chi connectivity index (χ0n) is 18.5. The van der Waals surface area contributed by atoms with Gasteiger partial charge in [0, 0.05) is 25.0 Å². The van der Waals surface area contributed by atoms with E-state index in [0.717, 1.165) is 29.5 Å². The van der Waals surface area contributed by atoms with Crippen LogP contribution in [0.15, 0.2) is 60.8 Å². The van der Waals surface area contributed by atoms with Gasteiger partial charge in [0.25, 0.3) is 0 Å². The fraction of sp³-hybridized carbons (Fsp3) is 0.296. The van der Waals surface area contributed by atoms with E-state index in [1.807, 2.05) is 24.3 Å². The highest BCUT2D eigenvalue weighted by Gasteiger charge is 2.44. The number of hydrogen-bond donors (Lipinski definition) is 1. The summed E-state index contributed by atoms with van der Waals surface area (Å²) in [4.78, 5) is 17.0. The second-order valence-electron chi connectivity index (χ2n) is 8.68. The Kier molecular flexibility index (Phi) is 6.24. The molecule has 34 heavy (non-hydrogen) atoms. The minimum Gasteiger partial charge on any atom is -0.489 e. The Balaban J connectivity index is 1.27. The van der Waals surface area contributed by atoms with Crippen LogP contribution in [0.4, 0.5) is 10.2 Å². The maximum absolute atomic E-state index is 13.5. The number of carbonyl (C=O) groups is 1. The lowest BCUT2D eigenvalue weighted by Crippen LogP contribution is -2.26. The van der Waals surface area contributed by atoms with Crippen LogP contribution in [0.2, 0.25) is 0 Å². The van der Waals surface area contributed by atoms with Crippen molar-refractivity contribution in [1.29, 1.82) is 5.26 Å². The number of hydrogen-bond acceptors (Lipinski definition) is 5. The fourth-order valence-electron chi connectivity index (χ4n) is 4.36. The largest absolute Gasteiger partial charge is 0.489 e. The van der Waals surface area contributed by atoms with Crippen LogP contribution in [0.3, 0.4) is 0 Å². The number of ether oxygens (including phenoxy) is 2. The minimum atomic E-state index is -0.293. The third-order valence-corrected chi connectivity index (χ3v) is 6.31.